The molecule has 152 valence electrons. The minimum atomic E-state index is 0.679. The van der Waals surface area contributed by atoms with Gasteiger partial charge < -0.3 is 4.42 Å². The topological polar surface area (TPSA) is 38.9 Å². The Hall–Kier alpha value is -3.76. The molecule has 0 aliphatic carbocycles. The molecule has 6 aromatic rings. The largest absolute Gasteiger partial charge is 0.456 e. The van der Waals surface area contributed by atoms with Gasteiger partial charge in [-0.05, 0) is 30.3 Å². The zero-order valence-electron chi connectivity index (χ0n) is 17.0. The van der Waals surface area contributed by atoms with Crippen LogP contribution in [0.25, 0.3) is 55.8 Å². The van der Waals surface area contributed by atoms with Gasteiger partial charge in [-0.3, -0.25) is 0 Å². The van der Waals surface area contributed by atoms with E-state index in [1.807, 2.05) is 66.7 Å². The van der Waals surface area contributed by atoms with Crippen molar-refractivity contribution in [2.75, 3.05) is 0 Å². The predicted octanol–water partition coefficient (Wildman–Crippen LogP) is 8.14. The summed E-state index contributed by atoms with van der Waals surface area (Å²) in [5, 5.41) is 2.23. The Kier molecular flexibility index (Phi) is 4.58. The quantitative estimate of drug-likeness (QED) is 0.258. The van der Waals surface area contributed by atoms with Gasteiger partial charge in [0.05, 0.1) is 11.4 Å². The molecule has 0 aliphatic heterocycles. The summed E-state index contributed by atoms with van der Waals surface area (Å²) in [6.45, 7) is 0. The lowest BCUT2D eigenvalue weighted by molar-refractivity contribution is 0.669. The van der Waals surface area contributed by atoms with E-state index in [9.17, 15) is 0 Å². The van der Waals surface area contributed by atoms with Crippen LogP contribution in [0.4, 0.5) is 0 Å². The van der Waals surface area contributed by atoms with Crippen LogP contribution in [-0.4, -0.2) is 9.97 Å². The van der Waals surface area contributed by atoms with Gasteiger partial charge in [0.25, 0.3) is 0 Å². The van der Waals surface area contributed by atoms with Crippen molar-refractivity contribution in [3.63, 3.8) is 0 Å². The van der Waals surface area contributed by atoms with Crippen LogP contribution in [-0.2, 0) is 0 Å². The summed E-state index contributed by atoms with van der Waals surface area (Å²) in [5.41, 5.74) is 6.47. The monoisotopic (exact) mass is 476 g/mol. The van der Waals surface area contributed by atoms with Gasteiger partial charge in [-0.2, -0.15) is 0 Å². The molecule has 32 heavy (non-hydrogen) atoms. The van der Waals surface area contributed by atoms with Crippen molar-refractivity contribution in [3.05, 3.63) is 108 Å². The molecular formula is C28H17BrN2O. The maximum atomic E-state index is 6.11. The molecule has 4 heteroatoms. The van der Waals surface area contributed by atoms with Crippen LogP contribution < -0.4 is 0 Å². The van der Waals surface area contributed by atoms with E-state index in [0.717, 1.165) is 54.5 Å². The van der Waals surface area contributed by atoms with E-state index in [-0.39, 0.29) is 0 Å². The normalized spacial score (nSPS) is 11.3. The number of para-hydroxylation sites is 1. The molecule has 0 N–H and O–H groups in total. The van der Waals surface area contributed by atoms with E-state index in [2.05, 4.69) is 52.3 Å². The van der Waals surface area contributed by atoms with Crippen molar-refractivity contribution < 1.29 is 4.42 Å². The first-order valence-corrected chi connectivity index (χ1v) is 11.2. The van der Waals surface area contributed by atoms with Crippen LogP contribution >= 0.6 is 15.9 Å². The Morgan fingerprint density at radius 2 is 1.25 bits per heavy atom. The van der Waals surface area contributed by atoms with Crippen molar-refractivity contribution in [1.82, 2.24) is 9.97 Å². The summed E-state index contributed by atoms with van der Waals surface area (Å²) in [7, 11) is 0. The summed E-state index contributed by atoms with van der Waals surface area (Å²) in [6, 6.07) is 34.6. The molecule has 0 saturated carbocycles. The van der Waals surface area contributed by atoms with E-state index < -0.39 is 0 Å². The summed E-state index contributed by atoms with van der Waals surface area (Å²) in [4.78, 5) is 9.83. The van der Waals surface area contributed by atoms with E-state index in [1.54, 1.807) is 0 Å². The summed E-state index contributed by atoms with van der Waals surface area (Å²) in [5.74, 6) is 0.679. The lowest BCUT2D eigenvalue weighted by atomic mass is 10.0. The smallest absolute Gasteiger partial charge is 0.161 e. The number of halogens is 1. The second-order valence-corrected chi connectivity index (χ2v) is 8.47. The molecule has 0 atom stereocenters. The third-order valence-corrected chi connectivity index (χ3v) is 6.28. The minimum absolute atomic E-state index is 0.679. The highest BCUT2D eigenvalue weighted by Gasteiger charge is 2.14. The highest BCUT2D eigenvalue weighted by Crippen LogP contribution is 2.34. The molecule has 0 unspecified atom stereocenters. The number of fused-ring (bicyclic) bond motifs is 3. The van der Waals surface area contributed by atoms with Crippen molar-refractivity contribution in [3.8, 4) is 33.9 Å². The molecule has 2 aromatic heterocycles. The molecular weight excluding hydrogens is 460 g/mol. The van der Waals surface area contributed by atoms with Gasteiger partial charge in [0.1, 0.15) is 11.2 Å². The van der Waals surface area contributed by atoms with Gasteiger partial charge in [0.15, 0.2) is 5.82 Å². The van der Waals surface area contributed by atoms with Gasteiger partial charge in [0.2, 0.25) is 0 Å². The summed E-state index contributed by atoms with van der Waals surface area (Å²) in [6.07, 6.45) is 0. The number of benzene rings is 4. The first-order chi connectivity index (χ1) is 15.8. The van der Waals surface area contributed by atoms with Crippen LogP contribution in [0.5, 0.6) is 0 Å². The van der Waals surface area contributed by atoms with Gasteiger partial charge in [-0.25, -0.2) is 9.97 Å². The standard InChI is InChI=1S/C28H17BrN2O/c29-23-12-6-4-11-22(23)28-30-24(18-8-2-1-3-9-18)17-25(31-28)19-14-15-21-20-10-5-7-13-26(20)32-27(21)16-19/h1-17H. The number of aromatic nitrogens is 2. The Labute approximate surface area is 193 Å². The second kappa shape index (κ2) is 7.74. The molecule has 6 rings (SSSR count). The van der Waals surface area contributed by atoms with Gasteiger partial charge in [0, 0.05) is 31.9 Å². The number of furan rings is 1. The average Bonchev–Trinajstić information content (AvgIpc) is 3.22. The van der Waals surface area contributed by atoms with Crippen LogP contribution in [0.15, 0.2) is 112 Å². The summed E-state index contributed by atoms with van der Waals surface area (Å²) >= 11 is 3.65. The Morgan fingerprint density at radius 3 is 2.09 bits per heavy atom. The van der Waals surface area contributed by atoms with Gasteiger partial charge in [-0.1, -0.05) is 88.7 Å². The van der Waals surface area contributed by atoms with Crippen molar-refractivity contribution in [1.29, 1.82) is 0 Å². The molecule has 3 nitrogen and oxygen atoms in total. The lowest BCUT2D eigenvalue weighted by Gasteiger charge is -2.10. The number of nitrogens with zero attached hydrogens (tertiary/aromatic N) is 2. The van der Waals surface area contributed by atoms with Crippen molar-refractivity contribution in [2.24, 2.45) is 0 Å². The Morgan fingerprint density at radius 1 is 0.562 bits per heavy atom. The van der Waals surface area contributed by atoms with Crippen LogP contribution in [0.2, 0.25) is 0 Å². The molecule has 0 aliphatic rings. The fourth-order valence-electron chi connectivity index (χ4n) is 4.00. The molecule has 0 radical (unpaired) electrons. The maximum absolute atomic E-state index is 6.11. The number of rotatable bonds is 3. The molecule has 0 bridgehead atoms. The fourth-order valence-corrected chi connectivity index (χ4v) is 4.46. The molecule has 0 saturated heterocycles. The SMILES string of the molecule is Brc1ccccc1-c1nc(-c2ccccc2)cc(-c2ccc3c(c2)oc2ccccc23)n1. The van der Waals surface area contributed by atoms with Gasteiger partial charge >= 0.3 is 0 Å². The van der Waals surface area contributed by atoms with E-state index in [1.165, 1.54) is 0 Å². The van der Waals surface area contributed by atoms with E-state index in [4.69, 9.17) is 14.4 Å². The molecule has 0 amide bonds. The molecule has 0 fully saturated rings. The van der Waals surface area contributed by atoms with Crippen molar-refractivity contribution >= 4 is 37.9 Å². The van der Waals surface area contributed by atoms with E-state index >= 15 is 0 Å². The van der Waals surface area contributed by atoms with Crippen LogP contribution in [0, 0.1) is 0 Å². The highest BCUT2D eigenvalue weighted by atomic mass is 79.9. The van der Waals surface area contributed by atoms with Crippen molar-refractivity contribution in [2.45, 2.75) is 0 Å². The third-order valence-electron chi connectivity index (χ3n) is 5.58. The first-order valence-electron chi connectivity index (χ1n) is 10.4. The maximum Gasteiger partial charge on any atom is 0.161 e. The highest BCUT2D eigenvalue weighted by molar-refractivity contribution is 9.10. The third kappa shape index (κ3) is 3.29. The van der Waals surface area contributed by atoms with Gasteiger partial charge in [-0.15, -0.1) is 0 Å². The zero-order chi connectivity index (χ0) is 21.5. The summed E-state index contributed by atoms with van der Waals surface area (Å²) < 4.78 is 7.07. The van der Waals surface area contributed by atoms with Crippen LogP contribution in [0.1, 0.15) is 0 Å². The zero-order valence-corrected chi connectivity index (χ0v) is 18.6. The molecule has 4 aromatic carbocycles. The van der Waals surface area contributed by atoms with Crippen LogP contribution in [0.3, 0.4) is 0 Å². The lowest BCUT2D eigenvalue weighted by Crippen LogP contribution is -1.96. The second-order valence-electron chi connectivity index (χ2n) is 7.62. The molecule has 2 heterocycles. The average molecular weight is 477 g/mol. The van der Waals surface area contributed by atoms with E-state index in [0.29, 0.717) is 5.82 Å². The number of hydrogen-bond donors (Lipinski definition) is 0. The fraction of sp³-hybridized carbons (Fsp3) is 0. The molecule has 0 spiro atoms. The first kappa shape index (κ1) is 19.0. The predicted molar refractivity (Wildman–Crippen MR) is 133 cm³/mol. The number of hydrogen-bond acceptors (Lipinski definition) is 3. The Bertz CT molecular complexity index is 1590. The minimum Gasteiger partial charge on any atom is -0.456 e. The Balaban J connectivity index is 1.57.